The zero-order valence-corrected chi connectivity index (χ0v) is 11.3. The van der Waals surface area contributed by atoms with Gasteiger partial charge < -0.3 is 20.4 Å². The molecule has 0 bridgehead atoms. The van der Waals surface area contributed by atoms with Gasteiger partial charge in [0.25, 0.3) is 0 Å². The molecular formula is C14H8N2O7. The number of aliphatic carboxylic acids is 1. The minimum Gasteiger partial charge on any atom is -0.511 e. The zero-order valence-electron chi connectivity index (χ0n) is 11.3. The first kappa shape index (κ1) is 14.4. The molecule has 3 rings (SSSR count). The molecule has 1 aliphatic heterocycles. The van der Waals surface area contributed by atoms with Crippen molar-refractivity contribution in [3.63, 3.8) is 0 Å². The van der Waals surface area contributed by atoms with Gasteiger partial charge in [0.15, 0.2) is 0 Å². The van der Waals surface area contributed by atoms with E-state index in [1.54, 1.807) is 0 Å². The van der Waals surface area contributed by atoms with Crippen LogP contribution in [0, 0.1) is 0 Å². The summed E-state index contributed by atoms with van der Waals surface area (Å²) in [5.41, 5.74) is -1.11. The molecule has 1 aromatic rings. The number of carboxylic acids is 3. The van der Waals surface area contributed by atoms with Gasteiger partial charge in [0.05, 0.1) is 17.0 Å². The Labute approximate surface area is 127 Å². The van der Waals surface area contributed by atoms with Crippen LogP contribution in [0.1, 0.15) is 32.1 Å². The van der Waals surface area contributed by atoms with E-state index in [1.807, 2.05) is 0 Å². The predicted octanol–water partition coefficient (Wildman–Crippen LogP) is 0.617. The lowest BCUT2D eigenvalue weighted by Gasteiger charge is -2.19. The van der Waals surface area contributed by atoms with Crippen LogP contribution < -0.4 is 0 Å². The molecule has 9 nitrogen and oxygen atoms in total. The highest BCUT2D eigenvalue weighted by atomic mass is 16.4. The Morgan fingerprint density at radius 3 is 2.30 bits per heavy atom. The summed E-state index contributed by atoms with van der Waals surface area (Å²) in [6.45, 7) is 0. The number of hydrogen-bond donors (Lipinski definition) is 4. The minimum absolute atomic E-state index is 0.0161. The van der Waals surface area contributed by atoms with E-state index in [9.17, 15) is 24.6 Å². The Bertz CT molecular complexity index is 893. The number of aromatic nitrogens is 1. The van der Waals surface area contributed by atoms with Crippen LogP contribution in [-0.4, -0.2) is 49.0 Å². The second kappa shape index (κ2) is 4.77. The minimum atomic E-state index is -1.41. The molecule has 1 aliphatic carbocycles. The first-order chi connectivity index (χ1) is 10.8. The molecule has 0 atom stereocenters. The van der Waals surface area contributed by atoms with Gasteiger partial charge >= 0.3 is 17.9 Å². The monoisotopic (exact) mass is 316 g/mol. The number of nitrogens with zero attached hydrogens (tertiary/aromatic N) is 2. The van der Waals surface area contributed by atoms with Gasteiger partial charge in [-0.3, -0.25) is 0 Å². The van der Waals surface area contributed by atoms with Gasteiger partial charge in [0.1, 0.15) is 17.2 Å². The fraction of sp³-hybridized carbons (Fsp3) is 0.0714. The molecule has 0 amide bonds. The van der Waals surface area contributed by atoms with Crippen molar-refractivity contribution >= 4 is 23.6 Å². The van der Waals surface area contributed by atoms with Crippen LogP contribution in [0.3, 0.4) is 0 Å². The summed E-state index contributed by atoms with van der Waals surface area (Å²) in [7, 11) is 0. The van der Waals surface area contributed by atoms with E-state index in [0.717, 1.165) is 12.1 Å². The number of carbonyl (C=O) groups is 3. The maximum absolute atomic E-state index is 11.4. The van der Waals surface area contributed by atoms with Crippen LogP contribution in [0.2, 0.25) is 0 Å². The number of fused-ring (bicyclic) bond motifs is 3. The summed E-state index contributed by atoms with van der Waals surface area (Å²) in [6, 6.07) is 0.880. The largest absolute Gasteiger partial charge is 0.511 e. The Hall–Kier alpha value is -3.49. The van der Waals surface area contributed by atoms with Gasteiger partial charge in [-0.25, -0.2) is 24.4 Å². The molecule has 2 heterocycles. The van der Waals surface area contributed by atoms with E-state index in [2.05, 4.69) is 9.98 Å². The Kier molecular flexibility index (Phi) is 2.99. The molecule has 4 N–H and O–H groups in total. The lowest BCUT2D eigenvalue weighted by molar-refractivity contribution is -0.132. The fourth-order valence-electron chi connectivity index (χ4n) is 2.46. The van der Waals surface area contributed by atoms with Crippen molar-refractivity contribution in [2.75, 3.05) is 0 Å². The smallest absolute Gasteiger partial charge is 0.354 e. The topological polar surface area (TPSA) is 157 Å². The highest BCUT2D eigenvalue weighted by Crippen LogP contribution is 2.33. The molecule has 1 aromatic heterocycles. The van der Waals surface area contributed by atoms with Crippen molar-refractivity contribution in [2.24, 2.45) is 4.99 Å². The summed E-state index contributed by atoms with van der Waals surface area (Å²) in [4.78, 5) is 41.2. The summed E-state index contributed by atoms with van der Waals surface area (Å²) in [5.74, 6) is -4.40. The van der Waals surface area contributed by atoms with Crippen molar-refractivity contribution < 1.29 is 34.8 Å². The van der Waals surface area contributed by atoms with Gasteiger partial charge in [-0.1, -0.05) is 0 Å². The molecule has 9 heteroatoms. The first-order valence-corrected chi connectivity index (χ1v) is 6.26. The predicted molar refractivity (Wildman–Crippen MR) is 73.8 cm³/mol. The van der Waals surface area contributed by atoms with Crippen LogP contribution >= 0.6 is 0 Å². The van der Waals surface area contributed by atoms with Gasteiger partial charge in [0, 0.05) is 17.6 Å². The number of aliphatic imine (C=N–C) groups is 1. The van der Waals surface area contributed by atoms with Gasteiger partial charge in [-0.2, -0.15) is 0 Å². The average molecular weight is 316 g/mol. The standard InChI is InChI=1S/C14H8N2O7/c17-9-3-6-10(11-4(9)1-8(16-11)14(22)23)5(12(18)19)2-7(15-6)13(20)21/h1-2,17H,3H2,(H,18,19)(H,20,21)(H,22,23). The van der Waals surface area contributed by atoms with Crippen LogP contribution in [0.15, 0.2) is 34.2 Å². The number of aliphatic hydroxyl groups is 1. The number of allylic oxidation sites excluding steroid dienone is 3. The van der Waals surface area contributed by atoms with Crippen LogP contribution in [0.5, 0.6) is 0 Å². The summed E-state index contributed by atoms with van der Waals surface area (Å²) in [6.07, 6.45) is 0.918. The van der Waals surface area contributed by atoms with E-state index < -0.39 is 23.6 Å². The molecule has 116 valence electrons. The third-order valence-electron chi connectivity index (χ3n) is 3.41. The van der Waals surface area contributed by atoms with Crippen molar-refractivity contribution in [1.82, 2.24) is 4.98 Å². The molecule has 2 aliphatic rings. The molecule has 0 aromatic carbocycles. The SMILES string of the molecule is O=C(O)C1=CC2=C(O)Cc3nc(C(=O)O)cc(C(=O)O)c3C2=N1. The quantitative estimate of drug-likeness (QED) is 0.631. The third kappa shape index (κ3) is 2.14. The molecule has 0 saturated carbocycles. The third-order valence-corrected chi connectivity index (χ3v) is 3.41. The molecule has 0 spiro atoms. The van der Waals surface area contributed by atoms with E-state index in [0.29, 0.717) is 0 Å². The fourth-order valence-corrected chi connectivity index (χ4v) is 2.46. The zero-order chi connectivity index (χ0) is 16.9. The maximum atomic E-state index is 11.4. The molecule has 0 fully saturated rings. The molecule has 0 unspecified atom stereocenters. The van der Waals surface area contributed by atoms with Gasteiger partial charge in [-0.05, 0) is 12.1 Å². The first-order valence-electron chi connectivity index (χ1n) is 6.26. The number of hydrogen-bond acceptors (Lipinski definition) is 6. The van der Waals surface area contributed by atoms with E-state index in [1.165, 1.54) is 0 Å². The summed E-state index contributed by atoms with van der Waals surface area (Å²) in [5, 5.41) is 37.3. The van der Waals surface area contributed by atoms with Crippen molar-refractivity contribution in [3.05, 3.63) is 51.7 Å². The number of pyridine rings is 1. The number of rotatable bonds is 3. The van der Waals surface area contributed by atoms with E-state index in [4.69, 9.17) is 10.2 Å². The highest BCUT2D eigenvalue weighted by molar-refractivity contribution is 6.23. The molecule has 0 radical (unpaired) electrons. The lowest BCUT2D eigenvalue weighted by atomic mass is 9.88. The summed E-state index contributed by atoms with van der Waals surface area (Å²) < 4.78 is 0. The van der Waals surface area contributed by atoms with Crippen molar-refractivity contribution in [1.29, 1.82) is 0 Å². The maximum Gasteiger partial charge on any atom is 0.354 e. The van der Waals surface area contributed by atoms with E-state index >= 15 is 0 Å². The Morgan fingerprint density at radius 2 is 1.74 bits per heavy atom. The average Bonchev–Trinajstić information content (AvgIpc) is 2.91. The lowest BCUT2D eigenvalue weighted by Crippen LogP contribution is -2.22. The highest BCUT2D eigenvalue weighted by Gasteiger charge is 2.34. The molecular weight excluding hydrogens is 308 g/mol. The second-order valence-corrected chi connectivity index (χ2v) is 4.82. The van der Waals surface area contributed by atoms with Crippen molar-refractivity contribution in [2.45, 2.75) is 6.42 Å². The van der Waals surface area contributed by atoms with E-state index in [-0.39, 0.29) is 46.0 Å². The number of aliphatic hydroxyl groups excluding tert-OH is 1. The Morgan fingerprint density at radius 1 is 1.04 bits per heavy atom. The molecule has 0 saturated heterocycles. The van der Waals surface area contributed by atoms with Crippen LogP contribution in [0.25, 0.3) is 0 Å². The number of carboxylic acid groups (broad SMARTS) is 3. The van der Waals surface area contributed by atoms with Gasteiger partial charge in [-0.15, -0.1) is 0 Å². The van der Waals surface area contributed by atoms with Crippen molar-refractivity contribution in [3.8, 4) is 0 Å². The normalized spacial score (nSPS) is 15.5. The second-order valence-electron chi connectivity index (χ2n) is 4.82. The van der Waals surface area contributed by atoms with Crippen LogP contribution in [-0.2, 0) is 11.2 Å². The molecule has 23 heavy (non-hydrogen) atoms. The van der Waals surface area contributed by atoms with Gasteiger partial charge in [0.2, 0.25) is 0 Å². The van der Waals surface area contributed by atoms with Crippen LogP contribution in [0.4, 0.5) is 0 Å². The summed E-state index contributed by atoms with van der Waals surface area (Å²) >= 11 is 0. The Balaban J connectivity index is 2.30. The number of aromatic carboxylic acids is 2.